The van der Waals surface area contributed by atoms with E-state index in [1.807, 2.05) is 0 Å². The predicted octanol–water partition coefficient (Wildman–Crippen LogP) is 3.43. The summed E-state index contributed by atoms with van der Waals surface area (Å²) in [5.74, 6) is 0.102. The summed E-state index contributed by atoms with van der Waals surface area (Å²) in [5, 5.41) is 9.99. The molecule has 2 aromatic rings. The van der Waals surface area contributed by atoms with Crippen LogP contribution in [0.5, 0.6) is 5.75 Å². The fourth-order valence-electron chi connectivity index (χ4n) is 2.99. The van der Waals surface area contributed by atoms with Crippen molar-refractivity contribution in [1.82, 2.24) is 4.90 Å². The molecule has 1 aliphatic rings. The normalized spacial score (nSPS) is 14.3. The van der Waals surface area contributed by atoms with E-state index in [0.717, 1.165) is 0 Å². The maximum absolute atomic E-state index is 12.4. The van der Waals surface area contributed by atoms with Crippen molar-refractivity contribution in [2.24, 2.45) is 0 Å². The number of rotatable bonds is 2. The first kappa shape index (κ1) is 17.1. The van der Waals surface area contributed by atoms with Crippen molar-refractivity contribution in [2.45, 2.75) is 39.3 Å². The molecule has 1 N–H and O–H groups in total. The Morgan fingerprint density at radius 2 is 2.00 bits per heavy atom. The van der Waals surface area contributed by atoms with Crippen molar-refractivity contribution in [2.75, 3.05) is 13.7 Å². The number of nitrogens with zero attached hydrogens (tertiary/aromatic N) is 1. The zero-order valence-electron chi connectivity index (χ0n) is 14.7. The van der Waals surface area contributed by atoms with Gasteiger partial charge >= 0.3 is 12.1 Å². The van der Waals surface area contributed by atoms with Crippen LogP contribution in [0.2, 0.25) is 0 Å². The Labute approximate surface area is 145 Å². The summed E-state index contributed by atoms with van der Waals surface area (Å²) in [6.07, 6.45) is 0.0677. The molecule has 0 saturated carbocycles. The van der Waals surface area contributed by atoms with E-state index in [0.29, 0.717) is 41.0 Å². The molecule has 0 aliphatic carbocycles. The minimum atomic E-state index is -1.05. The molecule has 1 aromatic heterocycles. The van der Waals surface area contributed by atoms with Gasteiger partial charge in [-0.3, -0.25) is 0 Å². The third kappa shape index (κ3) is 3.14. The van der Waals surface area contributed by atoms with Gasteiger partial charge in [-0.2, -0.15) is 0 Å². The lowest BCUT2D eigenvalue weighted by Crippen LogP contribution is -2.39. The second-order valence-corrected chi connectivity index (χ2v) is 6.98. The van der Waals surface area contributed by atoms with E-state index in [4.69, 9.17) is 13.9 Å². The molecule has 1 aromatic carbocycles. The number of carbonyl (C=O) groups is 2. The van der Waals surface area contributed by atoms with Crippen LogP contribution in [0.3, 0.4) is 0 Å². The smallest absolute Gasteiger partial charge is 0.410 e. The largest absolute Gasteiger partial charge is 0.493 e. The molecular weight excluding hydrogens is 326 g/mol. The van der Waals surface area contributed by atoms with Gasteiger partial charge in [0.25, 0.3) is 0 Å². The van der Waals surface area contributed by atoms with Crippen molar-refractivity contribution in [3.05, 3.63) is 29.0 Å². The number of methoxy groups -OCH3 is 1. The molecule has 2 heterocycles. The number of fused-ring (bicyclic) bond motifs is 3. The van der Waals surface area contributed by atoms with E-state index in [-0.39, 0.29) is 12.1 Å². The lowest BCUT2D eigenvalue weighted by Gasteiger charge is -2.29. The van der Waals surface area contributed by atoms with Gasteiger partial charge in [0.2, 0.25) is 0 Å². The van der Waals surface area contributed by atoms with Crippen LogP contribution in [-0.4, -0.2) is 41.3 Å². The second-order valence-electron chi connectivity index (χ2n) is 6.98. The highest BCUT2D eigenvalue weighted by atomic mass is 16.6. The molecule has 0 saturated heterocycles. The first-order chi connectivity index (χ1) is 11.7. The first-order valence-electron chi connectivity index (χ1n) is 8.03. The molecule has 25 heavy (non-hydrogen) atoms. The maximum atomic E-state index is 12.4. The molecule has 1 aliphatic heterocycles. The predicted molar refractivity (Wildman–Crippen MR) is 90.1 cm³/mol. The van der Waals surface area contributed by atoms with E-state index >= 15 is 0 Å². The minimum Gasteiger partial charge on any atom is -0.493 e. The number of benzene rings is 1. The van der Waals surface area contributed by atoms with Crippen molar-refractivity contribution in [3.8, 4) is 5.75 Å². The average Bonchev–Trinajstić information content (AvgIpc) is 2.90. The van der Waals surface area contributed by atoms with E-state index in [1.54, 1.807) is 31.7 Å². The average molecular weight is 347 g/mol. The summed E-state index contributed by atoms with van der Waals surface area (Å²) in [6, 6.07) is 3.07. The Balaban J connectivity index is 2.05. The summed E-state index contributed by atoms with van der Waals surface area (Å²) in [7, 11) is 1.50. The highest BCUT2D eigenvalue weighted by Gasteiger charge is 2.31. The van der Waals surface area contributed by atoms with Crippen LogP contribution in [0, 0.1) is 0 Å². The quantitative estimate of drug-likeness (QED) is 0.895. The molecule has 7 nitrogen and oxygen atoms in total. The van der Waals surface area contributed by atoms with Crippen molar-refractivity contribution >= 4 is 23.0 Å². The van der Waals surface area contributed by atoms with E-state index in [2.05, 4.69) is 0 Å². The van der Waals surface area contributed by atoms with Gasteiger partial charge in [-0.05, 0) is 32.9 Å². The summed E-state index contributed by atoms with van der Waals surface area (Å²) in [6.45, 7) is 6.11. The summed E-state index contributed by atoms with van der Waals surface area (Å²) in [5.41, 5.74) is 0.638. The Morgan fingerprint density at radius 1 is 1.28 bits per heavy atom. The molecule has 0 fully saturated rings. The number of hydrogen-bond acceptors (Lipinski definition) is 5. The van der Waals surface area contributed by atoms with Crippen molar-refractivity contribution < 1.29 is 28.6 Å². The van der Waals surface area contributed by atoms with Gasteiger partial charge in [0.15, 0.2) is 11.3 Å². The topological polar surface area (TPSA) is 89.2 Å². The molecule has 134 valence electrons. The molecule has 0 bridgehead atoms. The Morgan fingerprint density at radius 3 is 2.60 bits per heavy atom. The number of carbonyl (C=O) groups excluding carboxylic acids is 1. The van der Waals surface area contributed by atoms with Gasteiger partial charge in [-0.25, -0.2) is 9.59 Å². The molecule has 0 radical (unpaired) electrons. The highest BCUT2D eigenvalue weighted by molar-refractivity contribution is 6.06. The number of hydrogen-bond donors (Lipinski definition) is 1. The number of carboxylic acids is 1. The van der Waals surface area contributed by atoms with Crippen LogP contribution in [0.4, 0.5) is 4.79 Å². The lowest BCUT2D eigenvalue weighted by molar-refractivity contribution is 0.0220. The van der Waals surface area contributed by atoms with Crippen molar-refractivity contribution in [1.29, 1.82) is 0 Å². The highest BCUT2D eigenvalue weighted by Crippen LogP contribution is 2.38. The number of aromatic carboxylic acids is 1. The van der Waals surface area contributed by atoms with Crippen LogP contribution in [-0.2, 0) is 17.7 Å². The van der Waals surface area contributed by atoms with Crippen LogP contribution in [0.1, 0.15) is 42.5 Å². The zero-order chi connectivity index (χ0) is 18.4. The van der Waals surface area contributed by atoms with Crippen LogP contribution in [0.25, 0.3) is 11.0 Å². The van der Waals surface area contributed by atoms with Crippen LogP contribution < -0.4 is 4.74 Å². The Bertz CT molecular complexity index is 845. The number of ether oxygens (including phenoxy) is 2. The lowest BCUT2D eigenvalue weighted by atomic mass is 10.0. The van der Waals surface area contributed by atoms with Crippen LogP contribution >= 0.6 is 0 Å². The SMILES string of the molecule is COc1ccc(C(=O)O)c2c3c(oc12)CCN(C(=O)OC(C)(C)C)C3. The summed E-state index contributed by atoms with van der Waals surface area (Å²) >= 11 is 0. The van der Waals surface area contributed by atoms with Crippen LogP contribution in [0.15, 0.2) is 16.5 Å². The summed E-state index contributed by atoms with van der Waals surface area (Å²) in [4.78, 5) is 25.5. The molecule has 1 amide bonds. The van der Waals surface area contributed by atoms with Gasteiger partial charge in [-0.1, -0.05) is 0 Å². The molecule has 3 rings (SSSR count). The third-order valence-corrected chi connectivity index (χ3v) is 4.04. The molecule has 0 spiro atoms. The van der Waals surface area contributed by atoms with Gasteiger partial charge in [-0.15, -0.1) is 0 Å². The Kier molecular flexibility index (Phi) is 4.10. The fourth-order valence-corrected chi connectivity index (χ4v) is 2.99. The van der Waals surface area contributed by atoms with E-state index in [1.165, 1.54) is 13.2 Å². The second kappa shape index (κ2) is 5.98. The van der Waals surface area contributed by atoms with Gasteiger partial charge in [0, 0.05) is 23.9 Å². The molecule has 7 heteroatoms. The minimum absolute atomic E-state index is 0.131. The third-order valence-electron chi connectivity index (χ3n) is 4.04. The maximum Gasteiger partial charge on any atom is 0.410 e. The Hall–Kier alpha value is -2.70. The standard InChI is InChI=1S/C18H21NO6/c1-18(2,3)25-17(22)19-8-7-12-11(9-19)14-10(16(20)21)5-6-13(23-4)15(14)24-12/h5-6H,7-9H2,1-4H3,(H,20,21). The van der Waals surface area contributed by atoms with E-state index < -0.39 is 17.7 Å². The zero-order valence-corrected chi connectivity index (χ0v) is 14.7. The first-order valence-corrected chi connectivity index (χ1v) is 8.03. The fraction of sp³-hybridized carbons (Fsp3) is 0.444. The van der Waals surface area contributed by atoms with Gasteiger partial charge < -0.3 is 23.9 Å². The summed E-state index contributed by atoms with van der Waals surface area (Å²) < 4.78 is 16.6. The van der Waals surface area contributed by atoms with E-state index in [9.17, 15) is 14.7 Å². The van der Waals surface area contributed by atoms with Gasteiger partial charge in [0.1, 0.15) is 11.4 Å². The molecule has 0 unspecified atom stereocenters. The molecule has 0 atom stereocenters. The monoisotopic (exact) mass is 347 g/mol. The van der Waals surface area contributed by atoms with Crippen molar-refractivity contribution in [3.63, 3.8) is 0 Å². The van der Waals surface area contributed by atoms with Gasteiger partial charge in [0.05, 0.1) is 19.2 Å². The number of carboxylic acid groups (broad SMARTS) is 1. The molecular formula is C18H21NO6. The number of furan rings is 1. The number of amides is 1.